The fourth-order valence-corrected chi connectivity index (χ4v) is 0.642. The van der Waals surface area contributed by atoms with E-state index < -0.39 is 0 Å². The maximum absolute atomic E-state index is 7.50. The molecule has 4 nitrogen and oxygen atoms in total. The van der Waals surface area contributed by atoms with Gasteiger partial charge in [0, 0.05) is 34.1 Å². The third-order valence-corrected chi connectivity index (χ3v) is 1.11. The van der Waals surface area contributed by atoms with E-state index in [1.807, 2.05) is 60.7 Å². The molecule has 0 fully saturated rings. The zero-order valence-corrected chi connectivity index (χ0v) is 16.8. The first-order valence-electron chi connectivity index (χ1n) is 4.32. The smallest absolute Gasteiger partial charge is 0.172 e. The molecule has 0 aliphatic carbocycles. The molecule has 0 heterocycles. The summed E-state index contributed by atoms with van der Waals surface area (Å²) in [6.45, 7) is 18.0. The van der Waals surface area contributed by atoms with Crippen molar-refractivity contribution in [2.24, 2.45) is 0 Å². The van der Waals surface area contributed by atoms with Gasteiger partial charge in [-0.25, -0.2) is 24.3 Å². The van der Waals surface area contributed by atoms with Gasteiger partial charge in [0.25, 0.3) is 0 Å². The Morgan fingerprint density at radius 1 is 0.500 bits per heavy atom. The van der Waals surface area contributed by atoms with Gasteiger partial charge in [0.2, 0.25) is 0 Å². The van der Waals surface area contributed by atoms with E-state index in [0.717, 1.165) is 0 Å². The molecular weight excluding hydrogens is 500 g/mol. The molecule has 0 unspecified atom stereocenters. The molecule has 0 aliphatic rings. The van der Waals surface area contributed by atoms with Gasteiger partial charge >= 0.3 is 73.6 Å². The van der Waals surface area contributed by atoms with Crippen molar-refractivity contribution in [3.05, 3.63) is 87.3 Å². The van der Waals surface area contributed by atoms with E-state index in [4.69, 9.17) is 18.6 Å². The summed E-state index contributed by atoms with van der Waals surface area (Å²) in [5, 5.41) is 0. The second-order valence-electron chi connectivity index (χ2n) is 1.92. The third kappa shape index (κ3) is 73.1. The van der Waals surface area contributed by atoms with Gasteiger partial charge in [-0.2, -0.15) is 36.4 Å². The van der Waals surface area contributed by atoms with Gasteiger partial charge in [0.15, 0.2) is 0 Å². The third-order valence-electron chi connectivity index (χ3n) is 1.11. The fraction of sp³-hybridized carbons (Fsp3) is 0. The minimum absolute atomic E-state index is 0. The molecule has 2 rings (SSSR count). The first-order valence-corrected chi connectivity index (χ1v) is 8.65. The molecule has 0 bridgehead atoms. The minimum Gasteiger partial charge on any atom is -0.214 e. The van der Waals surface area contributed by atoms with Crippen molar-refractivity contribution in [1.82, 2.24) is 0 Å². The summed E-state index contributed by atoms with van der Waals surface area (Å²) in [7, 11) is 0. The molecule has 0 spiro atoms. The molecule has 0 aromatic heterocycles. The summed E-state index contributed by atoms with van der Waals surface area (Å²) in [5.41, 5.74) is 0. The van der Waals surface area contributed by atoms with Crippen molar-refractivity contribution in [2.75, 3.05) is 0 Å². The van der Waals surface area contributed by atoms with Crippen molar-refractivity contribution < 1.29 is 52.7 Å². The Hall–Kier alpha value is -0.262. The van der Waals surface area contributed by atoms with Crippen LogP contribution in [0.1, 0.15) is 0 Å². The van der Waals surface area contributed by atoms with E-state index in [2.05, 4.69) is 55.0 Å². The average Bonchev–Trinajstić information content (AvgIpc) is 3.34. The topological polar surface area (TPSA) is 79.6 Å². The van der Waals surface area contributed by atoms with Crippen LogP contribution in [0.15, 0.2) is 60.7 Å². The van der Waals surface area contributed by atoms with Crippen LogP contribution in [0.25, 0.3) is 0 Å². The van der Waals surface area contributed by atoms with Crippen molar-refractivity contribution in [3.63, 3.8) is 0 Å². The van der Waals surface area contributed by atoms with Crippen molar-refractivity contribution in [2.45, 2.75) is 0 Å². The molecule has 2 aromatic rings. The maximum atomic E-state index is 7.50. The van der Waals surface area contributed by atoms with Crippen LogP contribution in [0.2, 0.25) is 0 Å². The van der Waals surface area contributed by atoms with E-state index >= 15 is 0 Å². The molecule has 0 saturated heterocycles. The normalized spacial score (nSPS) is 4.27. The van der Waals surface area contributed by atoms with Gasteiger partial charge in [0.05, 0.1) is 0 Å². The van der Waals surface area contributed by atoms with Crippen molar-refractivity contribution >= 4 is 28.4 Å². The Morgan fingerprint density at radius 3 is 0.682 bits per heavy atom. The summed E-state index contributed by atoms with van der Waals surface area (Å²) >= 11 is 5.00. The Morgan fingerprint density at radius 2 is 0.636 bits per heavy atom. The molecule has 0 N–H and O–H groups in total. The van der Waals surface area contributed by atoms with Gasteiger partial charge in [-0.3, -0.25) is 0 Å². The second-order valence-corrected chi connectivity index (χ2v) is 1.92. The van der Waals surface area contributed by atoms with Crippen LogP contribution in [0.3, 0.4) is 0 Å². The van der Waals surface area contributed by atoms with E-state index in [0.29, 0.717) is 0 Å². The van der Waals surface area contributed by atoms with Gasteiger partial charge in [-0.05, 0) is 0 Å². The molecule has 0 aliphatic heterocycles. The summed E-state index contributed by atoms with van der Waals surface area (Å²) in [4.78, 5) is 0. The fourth-order valence-electron chi connectivity index (χ4n) is 0.642. The number of rotatable bonds is 0. The molecular formula is C14H10Mn2O4Se2-2. The van der Waals surface area contributed by atoms with E-state index in [9.17, 15) is 0 Å². The molecule has 118 valence electrons. The Balaban J connectivity index is -0.0000000251. The van der Waals surface area contributed by atoms with Gasteiger partial charge in [-0.1, -0.05) is 0 Å². The maximum Gasteiger partial charge on any atom is -0.172 e. The van der Waals surface area contributed by atoms with Crippen LogP contribution in [-0.2, 0) is 52.7 Å². The number of hydrogen-bond acceptors (Lipinski definition) is 0. The molecule has 22 heavy (non-hydrogen) atoms. The zero-order valence-electron chi connectivity index (χ0n) is 11.0. The average molecular weight is 510 g/mol. The number of hydrogen-bond donors (Lipinski definition) is 0. The van der Waals surface area contributed by atoms with Crippen molar-refractivity contribution in [1.29, 1.82) is 0 Å². The molecule has 4 radical (unpaired) electrons. The molecule has 8 heteroatoms. The monoisotopic (exact) mass is 512 g/mol. The van der Waals surface area contributed by atoms with E-state index in [1.54, 1.807) is 0 Å². The predicted molar refractivity (Wildman–Crippen MR) is 71.3 cm³/mol. The van der Waals surface area contributed by atoms with E-state index in [1.165, 1.54) is 0 Å². The summed E-state index contributed by atoms with van der Waals surface area (Å²) < 4.78 is 30.0. The van der Waals surface area contributed by atoms with Gasteiger partial charge < -0.3 is 0 Å². The van der Waals surface area contributed by atoms with Crippen LogP contribution in [-0.4, -0.2) is 28.4 Å². The van der Waals surface area contributed by atoms with Gasteiger partial charge in [0.1, 0.15) is 0 Å². The van der Waals surface area contributed by atoms with Crippen molar-refractivity contribution in [3.8, 4) is 0 Å². The first kappa shape index (κ1) is 43.0. The van der Waals surface area contributed by atoms with Gasteiger partial charge in [-0.15, -0.1) is 0 Å². The molecule has 0 atom stereocenters. The van der Waals surface area contributed by atoms with Crippen LogP contribution < -0.4 is 0 Å². The molecule has 0 amide bonds. The van der Waals surface area contributed by atoms with E-state index in [-0.39, 0.29) is 34.1 Å². The molecule has 2 aromatic carbocycles. The summed E-state index contributed by atoms with van der Waals surface area (Å²) in [5.74, 6) is 0. The minimum atomic E-state index is 0. The Kier molecular flexibility index (Phi) is 167. The quantitative estimate of drug-likeness (QED) is 0.295. The Bertz CT molecular complexity index is 284. The van der Waals surface area contributed by atoms with Crippen LogP contribution in [0.4, 0.5) is 0 Å². The first-order chi connectivity index (χ1) is 10.0. The van der Waals surface area contributed by atoms with Crippen LogP contribution >= 0.6 is 0 Å². The Labute approximate surface area is 167 Å². The molecule has 0 saturated carbocycles. The van der Waals surface area contributed by atoms with Crippen LogP contribution in [0.5, 0.6) is 0 Å². The van der Waals surface area contributed by atoms with Crippen LogP contribution in [0, 0.1) is 26.6 Å². The summed E-state index contributed by atoms with van der Waals surface area (Å²) in [6, 6.07) is 20.0. The predicted octanol–water partition coefficient (Wildman–Crippen LogP) is 1.89. The standard InChI is InChI=1S/2C5H5.4CO.2Mn.Se2/c2*1-2-4-5-3-1;4*1-2;;;1-2/h2*1-5H;;;;;;;/q2*-1;;;;;;;. The summed E-state index contributed by atoms with van der Waals surface area (Å²) in [6.07, 6.45) is 0. The zero-order chi connectivity index (χ0) is 17.1. The second kappa shape index (κ2) is 85.2. The SMILES string of the molecule is [C-]#[O+].[C-]#[O+].[C-]#[O+].[C-]#[O+].[Mn].[Mn].[Se][Se].c1cc[cH-]c1.c1cc[cH-]c1. The largest absolute Gasteiger partial charge is 0.214 e.